The number of hydrogen-bond donors (Lipinski definition) is 1. The molecular weight excluding hydrogens is 264 g/mol. The van der Waals surface area contributed by atoms with Crippen LogP contribution in [-0.2, 0) is 4.79 Å². The van der Waals surface area contributed by atoms with E-state index in [1.165, 1.54) is 0 Å². The molecule has 4 heteroatoms. The maximum Gasteiger partial charge on any atom is 0.326 e. The van der Waals surface area contributed by atoms with Crippen LogP contribution in [0.1, 0.15) is 18.5 Å². The van der Waals surface area contributed by atoms with Gasteiger partial charge >= 0.3 is 5.97 Å². The van der Waals surface area contributed by atoms with Crippen molar-refractivity contribution in [2.75, 3.05) is 0 Å². The van der Waals surface area contributed by atoms with Crippen molar-refractivity contribution in [3.05, 3.63) is 54.1 Å². The zero-order valence-corrected chi connectivity index (χ0v) is 11.9. The SMILES string of the molecule is Cc1ccccc1-c1nc2ccccc2n1C(C)C(=O)O. The Morgan fingerprint density at radius 2 is 1.81 bits per heavy atom. The molecule has 3 aromatic rings. The summed E-state index contributed by atoms with van der Waals surface area (Å²) >= 11 is 0. The van der Waals surface area contributed by atoms with E-state index in [4.69, 9.17) is 0 Å². The number of rotatable bonds is 3. The van der Waals surface area contributed by atoms with E-state index in [1.807, 2.05) is 55.5 Å². The first-order valence-corrected chi connectivity index (χ1v) is 6.85. The molecule has 21 heavy (non-hydrogen) atoms. The maximum absolute atomic E-state index is 11.5. The Morgan fingerprint density at radius 1 is 1.14 bits per heavy atom. The molecule has 3 rings (SSSR count). The Labute approximate surface area is 122 Å². The summed E-state index contributed by atoms with van der Waals surface area (Å²) in [5.74, 6) is -0.169. The predicted octanol–water partition coefficient (Wildman–Crippen LogP) is 3.66. The van der Waals surface area contributed by atoms with Crippen LogP contribution in [0, 0.1) is 6.92 Å². The molecule has 0 fully saturated rings. The highest BCUT2D eigenvalue weighted by molar-refractivity contribution is 5.84. The highest BCUT2D eigenvalue weighted by atomic mass is 16.4. The highest BCUT2D eigenvalue weighted by Gasteiger charge is 2.22. The predicted molar refractivity (Wildman–Crippen MR) is 82.3 cm³/mol. The number of fused-ring (bicyclic) bond motifs is 1. The quantitative estimate of drug-likeness (QED) is 0.796. The zero-order valence-electron chi connectivity index (χ0n) is 11.9. The summed E-state index contributed by atoms with van der Waals surface area (Å²) in [6, 6.07) is 14.8. The number of carboxylic acids is 1. The number of benzene rings is 2. The van der Waals surface area contributed by atoms with Crippen molar-refractivity contribution in [1.29, 1.82) is 0 Å². The molecule has 0 bridgehead atoms. The fourth-order valence-corrected chi connectivity index (χ4v) is 2.56. The van der Waals surface area contributed by atoms with Crippen molar-refractivity contribution in [1.82, 2.24) is 9.55 Å². The van der Waals surface area contributed by atoms with E-state index >= 15 is 0 Å². The average molecular weight is 280 g/mol. The van der Waals surface area contributed by atoms with Crippen molar-refractivity contribution in [3.8, 4) is 11.4 Å². The Morgan fingerprint density at radius 3 is 2.52 bits per heavy atom. The van der Waals surface area contributed by atoms with Crippen molar-refractivity contribution in [2.45, 2.75) is 19.9 Å². The van der Waals surface area contributed by atoms with Gasteiger partial charge in [0.2, 0.25) is 0 Å². The molecule has 1 aromatic heterocycles. The minimum Gasteiger partial charge on any atom is -0.480 e. The largest absolute Gasteiger partial charge is 0.480 e. The minimum absolute atomic E-state index is 0.674. The van der Waals surface area contributed by atoms with Gasteiger partial charge in [-0.05, 0) is 31.5 Å². The summed E-state index contributed by atoms with van der Waals surface area (Å²) in [6.07, 6.45) is 0. The lowest BCUT2D eigenvalue weighted by atomic mass is 10.1. The molecular formula is C17H16N2O2. The van der Waals surface area contributed by atoms with Crippen LogP contribution in [0.2, 0.25) is 0 Å². The first-order chi connectivity index (χ1) is 10.1. The molecule has 0 amide bonds. The number of imidazole rings is 1. The van der Waals surface area contributed by atoms with Gasteiger partial charge in [0.25, 0.3) is 0 Å². The Hall–Kier alpha value is -2.62. The molecule has 0 aliphatic carbocycles. The topological polar surface area (TPSA) is 55.1 Å². The van der Waals surface area contributed by atoms with Gasteiger partial charge in [0.15, 0.2) is 0 Å². The van der Waals surface area contributed by atoms with E-state index in [0.29, 0.717) is 5.82 Å². The fourth-order valence-electron chi connectivity index (χ4n) is 2.56. The molecule has 1 N–H and O–H groups in total. The number of aromatic nitrogens is 2. The lowest BCUT2D eigenvalue weighted by molar-refractivity contribution is -0.140. The van der Waals surface area contributed by atoms with Crippen LogP contribution in [0.4, 0.5) is 0 Å². The average Bonchev–Trinajstić information content (AvgIpc) is 2.85. The third-order valence-electron chi connectivity index (χ3n) is 3.73. The summed E-state index contributed by atoms with van der Waals surface area (Å²) in [4.78, 5) is 16.1. The summed E-state index contributed by atoms with van der Waals surface area (Å²) < 4.78 is 1.79. The van der Waals surface area contributed by atoms with Crippen molar-refractivity contribution in [2.24, 2.45) is 0 Å². The monoisotopic (exact) mass is 280 g/mol. The van der Waals surface area contributed by atoms with Gasteiger partial charge in [0.05, 0.1) is 11.0 Å². The van der Waals surface area contributed by atoms with Gasteiger partial charge in [-0.1, -0.05) is 36.4 Å². The molecule has 0 radical (unpaired) electrons. The van der Waals surface area contributed by atoms with Gasteiger partial charge in [0, 0.05) is 5.56 Å². The van der Waals surface area contributed by atoms with Crippen LogP contribution < -0.4 is 0 Å². The zero-order chi connectivity index (χ0) is 15.0. The second-order valence-corrected chi connectivity index (χ2v) is 5.12. The summed E-state index contributed by atoms with van der Waals surface area (Å²) in [6.45, 7) is 3.68. The second-order valence-electron chi connectivity index (χ2n) is 5.12. The lowest BCUT2D eigenvalue weighted by Gasteiger charge is -2.14. The van der Waals surface area contributed by atoms with Crippen LogP contribution >= 0.6 is 0 Å². The number of hydrogen-bond acceptors (Lipinski definition) is 2. The second kappa shape index (κ2) is 5.05. The third kappa shape index (κ3) is 2.18. The number of nitrogens with zero attached hydrogens (tertiary/aromatic N) is 2. The summed E-state index contributed by atoms with van der Waals surface area (Å²) in [5, 5.41) is 9.41. The van der Waals surface area contributed by atoms with E-state index in [2.05, 4.69) is 4.98 Å². The van der Waals surface area contributed by atoms with Gasteiger partial charge < -0.3 is 9.67 Å². The van der Waals surface area contributed by atoms with Crippen LogP contribution in [-0.4, -0.2) is 20.6 Å². The standard InChI is InChI=1S/C17H16N2O2/c1-11-7-3-4-8-13(11)16-18-14-9-5-6-10-15(14)19(16)12(2)17(20)21/h3-10,12H,1-2H3,(H,20,21). The first kappa shape index (κ1) is 13.4. The number of para-hydroxylation sites is 2. The van der Waals surface area contributed by atoms with Crippen molar-refractivity contribution in [3.63, 3.8) is 0 Å². The molecule has 0 saturated carbocycles. The lowest BCUT2D eigenvalue weighted by Crippen LogP contribution is -2.16. The van der Waals surface area contributed by atoms with Gasteiger partial charge in [-0.25, -0.2) is 9.78 Å². The summed E-state index contributed by atoms with van der Waals surface area (Å²) in [7, 11) is 0. The molecule has 1 unspecified atom stereocenters. The molecule has 4 nitrogen and oxygen atoms in total. The number of aliphatic carboxylic acids is 1. The number of carbonyl (C=O) groups is 1. The Bertz CT molecular complexity index is 821. The Balaban J connectivity index is 2.34. The number of carboxylic acid groups (broad SMARTS) is 1. The van der Waals surface area contributed by atoms with Crippen LogP contribution in [0.3, 0.4) is 0 Å². The van der Waals surface area contributed by atoms with E-state index in [0.717, 1.165) is 22.2 Å². The smallest absolute Gasteiger partial charge is 0.326 e. The van der Waals surface area contributed by atoms with Crippen molar-refractivity contribution >= 4 is 17.0 Å². The van der Waals surface area contributed by atoms with E-state index in [1.54, 1.807) is 11.5 Å². The molecule has 106 valence electrons. The van der Waals surface area contributed by atoms with Gasteiger partial charge in [-0.15, -0.1) is 0 Å². The normalized spacial score (nSPS) is 12.5. The molecule has 2 aromatic carbocycles. The van der Waals surface area contributed by atoms with Gasteiger partial charge in [-0.3, -0.25) is 0 Å². The highest BCUT2D eigenvalue weighted by Crippen LogP contribution is 2.30. The van der Waals surface area contributed by atoms with Gasteiger partial charge in [-0.2, -0.15) is 0 Å². The fraction of sp³-hybridized carbons (Fsp3) is 0.176. The van der Waals surface area contributed by atoms with Crippen LogP contribution in [0.15, 0.2) is 48.5 Å². The molecule has 1 heterocycles. The maximum atomic E-state index is 11.5. The molecule has 1 atom stereocenters. The van der Waals surface area contributed by atoms with Crippen LogP contribution in [0.25, 0.3) is 22.4 Å². The first-order valence-electron chi connectivity index (χ1n) is 6.85. The Kier molecular flexibility index (Phi) is 3.22. The minimum atomic E-state index is -0.868. The molecule has 0 spiro atoms. The number of aryl methyl sites for hydroxylation is 1. The van der Waals surface area contributed by atoms with Gasteiger partial charge in [0.1, 0.15) is 11.9 Å². The van der Waals surface area contributed by atoms with E-state index in [9.17, 15) is 9.90 Å². The molecule has 0 aliphatic heterocycles. The van der Waals surface area contributed by atoms with E-state index in [-0.39, 0.29) is 0 Å². The molecule has 0 saturated heterocycles. The third-order valence-corrected chi connectivity index (χ3v) is 3.73. The summed E-state index contributed by atoms with van der Waals surface area (Å²) in [5.41, 5.74) is 3.68. The molecule has 0 aliphatic rings. The van der Waals surface area contributed by atoms with Crippen LogP contribution in [0.5, 0.6) is 0 Å². The van der Waals surface area contributed by atoms with E-state index < -0.39 is 12.0 Å². The van der Waals surface area contributed by atoms with Crippen molar-refractivity contribution < 1.29 is 9.90 Å².